The minimum Gasteiger partial charge on any atom is -0.473 e. The monoisotopic (exact) mass is 222 g/mol. The van der Waals surface area contributed by atoms with Crippen LogP contribution in [0.15, 0.2) is 18.3 Å². The fourth-order valence-electron chi connectivity index (χ4n) is 2.10. The SMILES string of the molecule is CC1CC(Oc2ncccc2N)CC(C)O1. The lowest BCUT2D eigenvalue weighted by atomic mass is 10.0. The number of rotatable bonds is 2. The summed E-state index contributed by atoms with van der Waals surface area (Å²) in [4.78, 5) is 4.13. The molecule has 0 amide bonds. The number of ether oxygens (including phenoxy) is 2. The summed E-state index contributed by atoms with van der Waals surface area (Å²) in [6.45, 7) is 4.13. The van der Waals surface area contributed by atoms with Crippen molar-refractivity contribution in [2.75, 3.05) is 5.73 Å². The molecule has 0 bridgehead atoms. The zero-order chi connectivity index (χ0) is 11.5. The molecular formula is C12H18N2O2. The number of anilines is 1. The summed E-state index contributed by atoms with van der Waals surface area (Å²) in [5.74, 6) is 0.536. The first-order valence-electron chi connectivity index (χ1n) is 5.67. The molecule has 1 aromatic heterocycles. The quantitative estimate of drug-likeness (QED) is 0.831. The molecule has 2 rings (SSSR count). The van der Waals surface area contributed by atoms with Gasteiger partial charge in [-0.3, -0.25) is 0 Å². The van der Waals surface area contributed by atoms with Crippen molar-refractivity contribution in [2.45, 2.75) is 45.0 Å². The van der Waals surface area contributed by atoms with Crippen LogP contribution in [0.3, 0.4) is 0 Å². The van der Waals surface area contributed by atoms with Gasteiger partial charge in [0.25, 0.3) is 0 Å². The van der Waals surface area contributed by atoms with Crippen LogP contribution in [0.1, 0.15) is 26.7 Å². The molecule has 2 N–H and O–H groups in total. The first kappa shape index (κ1) is 11.2. The number of nitrogens with zero attached hydrogens (tertiary/aromatic N) is 1. The van der Waals surface area contributed by atoms with Crippen molar-refractivity contribution in [1.82, 2.24) is 4.98 Å². The summed E-state index contributed by atoms with van der Waals surface area (Å²) in [5, 5.41) is 0. The van der Waals surface area contributed by atoms with Gasteiger partial charge in [-0.15, -0.1) is 0 Å². The normalized spacial score (nSPS) is 30.0. The number of nitrogens with two attached hydrogens (primary N) is 1. The van der Waals surface area contributed by atoms with E-state index in [0.717, 1.165) is 12.8 Å². The maximum absolute atomic E-state index is 5.81. The van der Waals surface area contributed by atoms with Crippen LogP contribution in [-0.4, -0.2) is 23.3 Å². The van der Waals surface area contributed by atoms with Gasteiger partial charge < -0.3 is 15.2 Å². The van der Waals surface area contributed by atoms with Crippen molar-refractivity contribution in [3.63, 3.8) is 0 Å². The van der Waals surface area contributed by atoms with Gasteiger partial charge in [-0.05, 0) is 26.0 Å². The number of hydrogen-bond donors (Lipinski definition) is 1. The molecule has 1 aliphatic heterocycles. The molecule has 4 heteroatoms. The molecule has 0 aliphatic carbocycles. The van der Waals surface area contributed by atoms with Crippen molar-refractivity contribution in [3.05, 3.63) is 18.3 Å². The zero-order valence-electron chi connectivity index (χ0n) is 9.72. The van der Waals surface area contributed by atoms with Crippen molar-refractivity contribution in [1.29, 1.82) is 0 Å². The van der Waals surface area contributed by atoms with Gasteiger partial charge in [-0.25, -0.2) is 4.98 Å². The highest BCUT2D eigenvalue weighted by atomic mass is 16.5. The summed E-state index contributed by atoms with van der Waals surface area (Å²) in [5.41, 5.74) is 6.38. The largest absolute Gasteiger partial charge is 0.473 e. The molecule has 0 radical (unpaired) electrons. The van der Waals surface area contributed by atoms with Crippen LogP contribution in [0.5, 0.6) is 5.88 Å². The van der Waals surface area contributed by atoms with E-state index in [1.54, 1.807) is 18.3 Å². The van der Waals surface area contributed by atoms with E-state index in [1.807, 2.05) is 0 Å². The maximum atomic E-state index is 5.81. The Morgan fingerprint density at radius 1 is 1.38 bits per heavy atom. The Hall–Kier alpha value is -1.29. The third-order valence-electron chi connectivity index (χ3n) is 2.73. The summed E-state index contributed by atoms with van der Waals surface area (Å²) in [6, 6.07) is 3.60. The minimum absolute atomic E-state index is 0.149. The maximum Gasteiger partial charge on any atom is 0.237 e. The van der Waals surface area contributed by atoms with E-state index < -0.39 is 0 Å². The molecule has 1 saturated heterocycles. The van der Waals surface area contributed by atoms with Crippen LogP contribution < -0.4 is 10.5 Å². The molecule has 0 spiro atoms. The molecule has 2 atom stereocenters. The summed E-state index contributed by atoms with van der Waals surface area (Å²) < 4.78 is 11.5. The lowest BCUT2D eigenvalue weighted by Crippen LogP contribution is -2.36. The Morgan fingerprint density at radius 3 is 2.69 bits per heavy atom. The Morgan fingerprint density at radius 2 is 2.06 bits per heavy atom. The average molecular weight is 222 g/mol. The van der Waals surface area contributed by atoms with Gasteiger partial charge in [0.2, 0.25) is 5.88 Å². The van der Waals surface area contributed by atoms with E-state index in [2.05, 4.69) is 18.8 Å². The molecule has 0 aromatic carbocycles. The van der Waals surface area contributed by atoms with Crippen LogP contribution in [0.2, 0.25) is 0 Å². The smallest absolute Gasteiger partial charge is 0.237 e. The number of nitrogen functional groups attached to an aromatic ring is 1. The summed E-state index contributed by atoms with van der Waals surface area (Å²) in [6.07, 6.45) is 4.09. The van der Waals surface area contributed by atoms with Crippen LogP contribution in [0.25, 0.3) is 0 Å². The van der Waals surface area contributed by atoms with Crippen LogP contribution in [-0.2, 0) is 4.74 Å². The van der Waals surface area contributed by atoms with Crippen LogP contribution in [0.4, 0.5) is 5.69 Å². The molecule has 1 aromatic rings. The molecule has 2 heterocycles. The highest BCUT2D eigenvalue weighted by Gasteiger charge is 2.26. The topological polar surface area (TPSA) is 57.4 Å². The summed E-state index contributed by atoms with van der Waals surface area (Å²) >= 11 is 0. The summed E-state index contributed by atoms with van der Waals surface area (Å²) in [7, 11) is 0. The van der Waals surface area contributed by atoms with Gasteiger partial charge >= 0.3 is 0 Å². The lowest BCUT2D eigenvalue weighted by Gasteiger charge is -2.32. The van der Waals surface area contributed by atoms with Gasteiger partial charge in [0.1, 0.15) is 6.10 Å². The highest BCUT2D eigenvalue weighted by Crippen LogP contribution is 2.25. The number of aromatic nitrogens is 1. The van der Waals surface area contributed by atoms with E-state index in [-0.39, 0.29) is 18.3 Å². The Balaban J connectivity index is 2.02. The van der Waals surface area contributed by atoms with Gasteiger partial charge in [-0.2, -0.15) is 0 Å². The van der Waals surface area contributed by atoms with Crippen LogP contribution in [0, 0.1) is 0 Å². The van der Waals surface area contributed by atoms with Crippen molar-refractivity contribution < 1.29 is 9.47 Å². The molecule has 0 saturated carbocycles. The lowest BCUT2D eigenvalue weighted by molar-refractivity contribution is -0.0728. The van der Waals surface area contributed by atoms with E-state index in [4.69, 9.17) is 15.2 Å². The predicted octanol–water partition coefficient (Wildman–Crippen LogP) is 2.00. The highest BCUT2D eigenvalue weighted by molar-refractivity contribution is 5.46. The second-order valence-electron chi connectivity index (χ2n) is 4.37. The molecule has 4 nitrogen and oxygen atoms in total. The molecule has 1 fully saturated rings. The fraction of sp³-hybridized carbons (Fsp3) is 0.583. The van der Waals surface area contributed by atoms with E-state index in [1.165, 1.54) is 0 Å². The second kappa shape index (κ2) is 4.70. The van der Waals surface area contributed by atoms with E-state index in [9.17, 15) is 0 Å². The van der Waals surface area contributed by atoms with E-state index >= 15 is 0 Å². The van der Waals surface area contributed by atoms with E-state index in [0.29, 0.717) is 11.6 Å². The molecule has 2 unspecified atom stereocenters. The van der Waals surface area contributed by atoms with Crippen LogP contribution >= 0.6 is 0 Å². The van der Waals surface area contributed by atoms with Gasteiger partial charge in [0.15, 0.2) is 0 Å². The molecule has 16 heavy (non-hydrogen) atoms. The first-order valence-corrected chi connectivity index (χ1v) is 5.67. The predicted molar refractivity (Wildman–Crippen MR) is 62.3 cm³/mol. The fourth-order valence-corrected chi connectivity index (χ4v) is 2.10. The van der Waals surface area contributed by atoms with Gasteiger partial charge in [0.05, 0.1) is 17.9 Å². The first-order chi connectivity index (χ1) is 7.65. The second-order valence-corrected chi connectivity index (χ2v) is 4.37. The van der Waals surface area contributed by atoms with Crippen molar-refractivity contribution in [3.8, 4) is 5.88 Å². The van der Waals surface area contributed by atoms with Crippen molar-refractivity contribution in [2.24, 2.45) is 0 Å². The molecular weight excluding hydrogens is 204 g/mol. The van der Waals surface area contributed by atoms with Gasteiger partial charge in [0, 0.05) is 19.0 Å². The minimum atomic E-state index is 0.149. The standard InChI is InChI=1S/C12H18N2O2/c1-8-6-10(7-9(2)15-8)16-12-11(13)4-3-5-14-12/h3-5,8-10H,6-7,13H2,1-2H3. The number of hydrogen-bond acceptors (Lipinski definition) is 4. The Labute approximate surface area is 95.8 Å². The Kier molecular flexibility index (Phi) is 3.29. The number of pyridine rings is 1. The zero-order valence-corrected chi connectivity index (χ0v) is 9.72. The third kappa shape index (κ3) is 2.64. The average Bonchev–Trinajstić information content (AvgIpc) is 2.20. The molecule has 88 valence electrons. The van der Waals surface area contributed by atoms with Gasteiger partial charge in [-0.1, -0.05) is 0 Å². The van der Waals surface area contributed by atoms with Crippen molar-refractivity contribution >= 4 is 5.69 Å². The molecule has 1 aliphatic rings. The Bertz CT molecular complexity index is 347. The third-order valence-corrected chi connectivity index (χ3v) is 2.73.